The Balaban J connectivity index is 4.03. The highest BCUT2D eigenvalue weighted by molar-refractivity contribution is 7.47. The van der Waals surface area contributed by atoms with E-state index in [9.17, 15) is 14.3 Å². The standard InChI is InChI=1S/C52H92NO7P/c1-3-5-7-9-11-13-15-17-19-21-23-24-25-26-27-29-31-33-35-37-39-41-43-45-52(54)60-51(50-59-61(55,56)58-48-46-53)49-57-47-44-42-40-38-36-34-32-30-28-22-20-18-16-14-12-10-8-6-4-2/h5,7,11,13-14,16-17,19-20,22-24,26-27,51H,3-4,6,8-10,12,15,18,21,25,28-50,53H2,1-2H3,(H,55,56)/b7-5-,13-11-,16-14-,19-17-,22-20-,24-23-,27-26-. The third kappa shape index (κ3) is 48.6. The summed E-state index contributed by atoms with van der Waals surface area (Å²) in [7, 11) is -4.29. The molecule has 0 fully saturated rings. The van der Waals surface area contributed by atoms with Crippen molar-refractivity contribution >= 4 is 13.8 Å². The van der Waals surface area contributed by atoms with Crippen molar-refractivity contribution < 1.29 is 32.8 Å². The highest BCUT2D eigenvalue weighted by atomic mass is 31.2. The molecule has 0 saturated carbocycles. The topological polar surface area (TPSA) is 117 Å². The van der Waals surface area contributed by atoms with E-state index in [2.05, 4.69) is 98.9 Å². The Morgan fingerprint density at radius 2 is 0.918 bits per heavy atom. The van der Waals surface area contributed by atoms with E-state index >= 15 is 0 Å². The number of rotatable bonds is 46. The van der Waals surface area contributed by atoms with Crippen LogP contribution in [0, 0.1) is 0 Å². The van der Waals surface area contributed by atoms with Gasteiger partial charge in [0.25, 0.3) is 0 Å². The SMILES string of the molecule is CC/C=C\C/C=C\C/C=C\C/C=C\C/C=C\CCCCCCCCCC(=O)OC(COCCCCCCCCCC/C=C\C/C=C\CCCCCC)COP(=O)(O)OCCN. The molecule has 0 radical (unpaired) electrons. The molecule has 0 saturated heterocycles. The minimum atomic E-state index is -4.29. The van der Waals surface area contributed by atoms with Crippen LogP contribution in [0.1, 0.15) is 200 Å². The quantitative estimate of drug-likeness (QED) is 0.0269. The molecule has 8 nitrogen and oxygen atoms in total. The number of carbonyl (C=O) groups is 1. The largest absolute Gasteiger partial charge is 0.472 e. The summed E-state index contributed by atoms with van der Waals surface area (Å²) >= 11 is 0. The molecule has 61 heavy (non-hydrogen) atoms. The Bertz CT molecular complexity index is 1210. The van der Waals surface area contributed by atoms with Crippen molar-refractivity contribution in [3.63, 3.8) is 0 Å². The van der Waals surface area contributed by atoms with E-state index in [1.165, 1.54) is 96.3 Å². The van der Waals surface area contributed by atoms with Crippen LogP contribution in [0.4, 0.5) is 0 Å². The summed E-state index contributed by atoms with van der Waals surface area (Å²) in [6.45, 7) is 4.76. The number of unbranched alkanes of at least 4 members (excludes halogenated alkanes) is 19. The van der Waals surface area contributed by atoms with E-state index < -0.39 is 13.9 Å². The molecule has 0 aliphatic carbocycles. The van der Waals surface area contributed by atoms with Gasteiger partial charge in [0, 0.05) is 19.6 Å². The molecule has 0 aliphatic heterocycles. The van der Waals surface area contributed by atoms with Gasteiger partial charge in [0.2, 0.25) is 0 Å². The molecule has 0 rings (SSSR count). The Hall–Kier alpha value is -2.32. The van der Waals surface area contributed by atoms with Gasteiger partial charge in [-0.15, -0.1) is 0 Å². The second-order valence-electron chi connectivity index (χ2n) is 15.9. The van der Waals surface area contributed by atoms with Crippen molar-refractivity contribution in [1.29, 1.82) is 0 Å². The number of nitrogens with two attached hydrogens (primary N) is 1. The normalized spacial score (nSPS) is 14.1. The van der Waals surface area contributed by atoms with E-state index in [1.54, 1.807) is 0 Å². The molecule has 0 spiro atoms. The molecule has 0 heterocycles. The highest BCUT2D eigenvalue weighted by Gasteiger charge is 2.25. The van der Waals surface area contributed by atoms with E-state index in [1.807, 2.05) is 0 Å². The number of carbonyl (C=O) groups excluding carboxylic acids is 1. The monoisotopic (exact) mass is 874 g/mol. The van der Waals surface area contributed by atoms with Crippen molar-refractivity contribution in [3.8, 4) is 0 Å². The van der Waals surface area contributed by atoms with Crippen LogP contribution in [0.25, 0.3) is 0 Å². The van der Waals surface area contributed by atoms with Crippen LogP contribution in [0.5, 0.6) is 0 Å². The van der Waals surface area contributed by atoms with Gasteiger partial charge in [-0.25, -0.2) is 4.57 Å². The summed E-state index contributed by atoms with van der Waals surface area (Å²) in [6.07, 6.45) is 63.2. The molecule has 0 aromatic carbocycles. The summed E-state index contributed by atoms with van der Waals surface area (Å²) < 4.78 is 33.5. The van der Waals surface area contributed by atoms with Crippen molar-refractivity contribution in [2.75, 3.05) is 33.0 Å². The molecule has 0 aromatic rings. The zero-order valence-corrected chi connectivity index (χ0v) is 40.0. The molecular weight excluding hydrogens is 782 g/mol. The molecule has 0 aliphatic rings. The number of esters is 1. The summed E-state index contributed by atoms with van der Waals surface area (Å²) in [4.78, 5) is 22.6. The Morgan fingerprint density at radius 1 is 0.508 bits per heavy atom. The maximum atomic E-state index is 12.6. The maximum Gasteiger partial charge on any atom is 0.472 e. The summed E-state index contributed by atoms with van der Waals surface area (Å²) in [5, 5.41) is 0. The molecule has 9 heteroatoms. The van der Waals surface area contributed by atoms with Crippen molar-refractivity contribution in [2.24, 2.45) is 5.73 Å². The molecule has 0 aromatic heterocycles. The van der Waals surface area contributed by atoms with Gasteiger partial charge >= 0.3 is 13.8 Å². The fourth-order valence-electron chi connectivity index (χ4n) is 6.47. The van der Waals surface area contributed by atoms with Crippen LogP contribution in [-0.4, -0.2) is 49.9 Å². The lowest BCUT2D eigenvalue weighted by Gasteiger charge is -2.20. The van der Waals surface area contributed by atoms with Crippen molar-refractivity contribution in [2.45, 2.75) is 206 Å². The van der Waals surface area contributed by atoms with E-state index in [4.69, 9.17) is 24.3 Å². The first-order chi connectivity index (χ1) is 29.9. The van der Waals surface area contributed by atoms with Gasteiger partial charge in [-0.3, -0.25) is 13.8 Å². The first-order valence-corrected chi connectivity index (χ1v) is 26.1. The third-order valence-electron chi connectivity index (χ3n) is 10.0. The average Bonchev–Trinajstić information content (AvgIpc) is 3.25. The Morgan fingerprint density at radius 3 is 1.38 bits per heavy atom. The highest BCUT2D eigenvalue weighted by Crippen LogP contribution is 2.43. The molecule has 2 atom stereocenters. The van der Waals surface area contributed by atoms with Crippen molar-refractivity contribution in [3.05, 3.63) is 85.1 Å². The summed E-state index contributed by atoms with van der Waals surface area (Å²) in [5.74, 6) is -0.346. The Kier molecular flexibility index (Phi) is 46.9. The number of phosphoric ester groups is 1. The molecule has 0 amide bonds. The summed E-state index contributed by atoms with van der Waals surface area (Å²) in [6, 6.07) is 0. The molecular formula is C52H92NO7P. The fraction of sp³-hybridized carbons (Fsp3) is 0.712. The predicted molar refractivity (Wildman–Crippen MR) is 261 cm³/mol. The number of allylic oxidation sites excluding steroid dienone is 14. The fourth-order valence-corrected chi connectivity index (χ4v) is 7.23. The van der Waals surface area contributed by atoms with Crippen LogP contribution in [0.2, 0.25) is 0 Å². The second-order valence-corrected chi connectivity index (χ2v) is 17.4. The van der Waals surface area contributed by atoms with Crippen molar-refractivity contribution in [1.82, 2.24) is 0 Å². The zero-order chi connectivity index (χ0) is 44.4. The van der Waals surface area contributed by atoms with Gasteiger partial charge in [-0.05, 0) is 89.9 Å². The minimum Gasteiger partial charge on any atom is -0.457 e. The lowest BCUT2D eigenvalue weighted by molar-refractivity contribution is -0.154. The maximum absolute atomic E-state index is 12.6. The molecule has 352 valence electrons. The van der Waals surface area contributed by atoms with Crippen LogP contribution in [0.3, 0.4) is 0 Å². The lowest BCUT2D eigenvalue weighted by Crippen LogP contribution is -2.28. The van der Waals surface area contributed by atoms with Gasteiger partial charge in [0.15, 0.2) is 0 Å². The lowest BCUT2D eigenvalue weighted by atomic mass is 10.1. The summed E-state index contributed by atoms with van der Waals surface area (Å²) in [5.41, 5.74) is 5.38. The van der Waals surface area contributed by atoms with E-state index in [-0.39, 0.29) is 32.3 Å². The third-order valence-corrected chi connectivity index (χ3v) is 11.0. The average molecular weight is 874 g/mol. The van der Waals surface area contributed by atoms with Crippen LogP contribution in [0.15, 0.2) is 85.1 Å². The minimum absolute atomic E-state index is 0.0930. The van der Waals surface area contributed by atoms with Gasteiger partial charge in [-0.2, -0.15) is 0 Å². The first kappa shape index (κ1) is 58.7. The predicted octanol–water partition coefficient (Wildman–Crippen LogP) is 15.3. The number of ether oxygens (including phenoxy) is 2. The zero-order valence-electron chi connectivity index (χ0n) is 39.1. The van der Waals surface area contributed by atoms with Gasteiger partial charge < -0.3 is 20.1 Å². The number of hydrogen-bond acceptors (Lipinski definition) is 7. The Labute approximate surface area is 375 Å². The molecule has 3 N–H and O–H groups in total. The second kappa shape index (κ2) is 48.7. The van der Waals surface area contributed by atoms with E-state index in [0.717, 1.165) is 83.5 Å². The van der Waals surface area contributed by atoms with Gasteiger partial charge in [-0.1, -0.05) is 189 Å². The van der Waals surface area contributed by atoms with Gasteiger partial charge in [0.1, 0.15) is 6.10 Å². The first-order valence-electron chi connectivity index (χ1n) is 24.6. The molecule has 2 unspecified atom stereocenters. The molecule has 0 bridgehead atoms. The van der Waals surface area contributed by atoms with Gasteiger partial charge in [0.05, 0.1) is 19.8 Å². The van der Waals surface area contributed by atoms with Crippen LogP contribution in [-0.2, 0) is 27.9 Å². The van der Waals surface area contributed by atoms with Crippen LogP contribution < -0.4 is 5.73 Å². The number of phosphoric acid groups is 1. The number of hydrogen-bond donors (Lipinski definition) is 2. The van der Waals surface area contributed by atoms with Crippen LogP contribution >= 0.6 is 7.82 Å². The van der Waals surface area contributed by atoms with E-state index in [0.29, 0.717) is 13.0 Å². The smallest absolute Gasteiger partial charge is 0.457 e.